The number of H-pyrrole nitrogens is 1. The summed E-state index contributed by atoms with van der Waals surface area (Å²) in [7, 11) is 0. The monoisotopic (exact) mass is 279 g/mol. The van der Waals surface area contributed by atoms with Crippen LogP contribution in [-0.4, -0.2) is 20.6 Å². The molecule has 0 aliphatic heterocycles. The Balaban J connectivity index is 2.27. The van der Waals surface area contributed by atoms with Crippen LogP contribution in [0.1, 0.15) is 15.9 Å². The van der Waals surface area contributed by atoms with Gasteiger partial charge in [-0.1, -0.05) is 0 Å². The first-order valence-corrected chi connectivity index (χ1v) is 6.09. The fraction of sp³-hybridized carbons (Fsp3) is 0. The Bertz CT molecular complexity index is 943. The Morgan fingerprint density at radius 2 is 1.90 bits per heavy atom. The first kappa shape index (κ1) is 12.7. The average Bonchev–Trinajstić information content (AvgIpc) is 2.82. The second-order valence-electron chi connectivity index (χ2n) is 4.46. The van der Waals surface area contributed by atoms with Gasteiger partial charge in [0.1, 0.15) is 0 Å². The predicted octanol–water partition coefficient (Wildman–Crippen LogP) is 1.89. The number of carboxylic acids is 1. The smallest absolute Gasteiger partial charge is 0.335 e. The maximum absolute atomic E-state index is 12.1. The number of nitrogens with one attached hydrogen (secondary N) is 1. The number of hydrogen-bond donors (Lipinski definition) is 2. The van der Waals surface area contributed by atoms with E-state index in [-0.39, 0.29) is 11.3 Å². The van der Waals surface area contributed by atoms with Crippen LogP contribution < -0.4 is 5.69 Å². The summed E-state index contributed by atoms with van der Waals surface area (Å²) in [6, 6.07) is 12.9. The van der Waals surface area contributed by atoms with Crippen LogP contribution in [0.4, 0.5) is 0 Å². The minimum Gasteiger partial charge on any atom is -0.478 e. The number of rotatable bonds is 2. The first-order chi connectivity index (χ1) is 10.1. The third kappa shape index (κ3) is 2.07. The third-order valence-corrected chi connectivity index (χ3v) is 3.18. The molecule has 1 heterocycles. The van der Waals surface area contributed by atoms with Crippen molar-refractivity contribution < 1.29 is 9.90 Å². The number of aromatic amines is 1. The summed E-state index contributed by atoms with van der Waals surface area (Å²) in [4.78, 5) is 25.8. The van der Waals surface area contributed by atoms with Gasteiger partial charge in [0, 0.05) is 0 Å². The third-order valence-electron chi connectivity index (χ3n) is 3.18. The summed E-state index contributed by atoms with van der Waals surface area (Å²) in [5, 5.41) is 17.8. The second kappa shape index (κ2) is 4.65. The molecule has 0 radical (unpaired) electrons. The van der Waals surface area contributed by atoms with Crippen molar-refractivity contribution in [3.63, 3.8) is 0 Å². The van der Waals surface area contributed by atoms with Gasteiger partial charge >= 0.3 is 11.7 Å². The molecule has 0 spiro atoms. The van der Waals surface area contributed by atoms with E-state index in [4.69, 9.17) is 10.4 Å². The standard InChI is InChI=1S/C15H9N3O3/c16-8-9-1-4-11(5-2-9)18-13-7-10(14(19)20)3-6-12(13)17-15(18)21/h1-7H,(H,17,21)(H,19,20). The van der Waals surface area contributed by atoms with Gasteiger partial charge in [-0.05, 0) is 42.5 Å². The lowest BCUT2D eigenvalue weighted by Crippen LogP contribution is -2.14. The van der Waals surface area contributed by atoms with E-state index in [2.05, 4.69) is 4.98 Å². The second-order valence-corrected chi connectivity index (χ2v) is 4.46. The molecule has 6 heteroatoms. The van der Waals surface area contributed by atoms with E-state index in [1.165, 1.54) is 16.7 Å². The van der Waals surface area contributed by atoms with E-state index in [9.17, 15) is 9.59 Å². The van der Waals surface area contributed by atoms with Crippen LogP contribution in [0.2, 0.25) is 0 Å². The number of carbonyl (C=O) groups is 1. The molecule has 6 nitrogen and oxygen atoms in total. The van der Waals surface area contributed by atoms with Crippen molar-refractivity contribution >= 4 is 17.0 Å². The number of imidazole rings is 1. The molecular formula is C15H9N3O3. The minimum atomic E-state index is -1.06. The molecule has 3 aromatic rings. The largest absolute Gasteiger partial charge is 0.478 e. The van der Waals surface area contributed by atoms with Gasteiger partial charge in [-0.15, -0.1) is 0 Å². The molecule has 102 valence electrons. The lowest BCUT2D eigenvalue weighted by Gasteiger charge is -2.04. The van der Waals surface area contributed by atoms with Gasteiger partial charge in [-0.3, -0.25) is 4.57 Å². The van der Waals surface area contributed by atoms with Crippen molar-refractivity contribution in [3.05, 3.63) is 64.1 Å². The van der Waals surface area contributed by atoms with E-state index in [1.807, 2.05) is 6.07 Å². The Morgan fingerprint density at radius 3 is 2.52 bits per heavy atom. The van der Waals surface area contributed by atoms with Crippen LogP contribution in [0.3, 0.4) is 0 Å². The number of fused-ring (bicyclic) bond motifs is 1. The summed E-state index contributed by atoms with van der Waals surface area (Å²) >= 11 is 0. The van der Waals surface area contributed by atoms with E-state index in [1.54, 1.807) is 30.3 Å². The highest BCUT2D eigenvalue weighted by molar-refractivity contribution is 5.92. The molecule has 0 unspecified atom stereocenters. The number of hydrogen-bond acceptors (Lipinski definition) is 3. The Morgan fingerprint density at radius 1 is 1.19 bits per heavy atom. The van der Waals surface area contributed by atoms with Crippen LogP contribution in [0.5, 0.6) is 0 Å². The molecule has 0 aliphatic carbocycles. The number of carboxylic acid groups (broad SMARTS) is 1. The van der Waals surface area contributed by atoms with Crippen molar-refractivity contribution in [2.24, 2.45) is 0 Å². The molecule has 2 N–H and O–H groups in total. The molecule has 0 fully saturated rings. The van der Waals surface area contributed by atoms with Crippen molar-refractivity contribution in [2.75, 3.05) is 0 Å². The summed E-state index contributed by atoms with van der Waals surface area (Å²) < 4.78 is 1.38. The van der Waals surface area contributed by atoms with Crippen molar-refractivity contribution in [1.29, 1.82) is 5.26 Å². The molecule has 2 aromatic carbocycles. The Hall–Kier alpha value is -3.33. The van der Waals surface area contributed by atoms with Gasteiger partial charge in [-0.2, -0.15) is 5.26 Å². The SMILES string of the molecule is N#Cc1ccc(-n2c(=O)[nH]c3ccc(C(=O)O)cc32)cc1. The topological polar surface area (TPSA) is 98.9 Å². The quantitative estimate of drug-likeness (QED) is 0.748. The van der Waals surface area contributed by atoms with Gasteiger partial charge in [0.2, 0.25) is 0 Å². The maximum atomic E-state index is 12.1. The van der Waals surface area contributed by atoms with Crippen molar-refractivity contribution in [2.45, 2.75) is 0 Å². The van der Waals surface area contributed by atoms with Crippen LogP contribution >= 0.6 is 0 Å². The van der Waals surface area contributed by atoms with E-state index >= 15 is 0 Å². The highest BCUT2D eigenvalue weighted by Crippen LogP contribution is 2.17. The molecule has 0 saturated carbocycles. The highest BCUT2D eigenvalue weighted by Gasteiger charge is 2.11. The summed E-state index contributed by atoms with van der Waals surface area (Å²) in [5.41, 5.74) is 1.81. The van der Waals surface area contributed by atoms with Crippen LogP contribution in [0.15, 0.2) is 47.3 Å². The van der Waals surface area contributed by atoms with Crippen molar-refractivity contribution in [1.82, 2.24) is 9.55 Å². The lowest BCUT2D eigenvalue weighted by molar-refractivity contribution is 0.0697. The van der Waals surface area contributed by atoms with E-state index in [0.717, 1.165) is 0 Å². The summed E-state index contributed by atoms with van der Waals surface area (Å²) in [6.07, 6.45) is 0. The Labute approximate surface area is 118 Å². The zero-order valence-corrected chi connectivity index (χ0v) is 10.7. The zero-order valence-electron chi connectivity index (χ0n) is 10.7. The normalized spacial score (nSPS) is 10.4. The number of nitrogens with zero attached hydrogens (tertiary/aromatic N) is 2. The van der Waals surface area contributed by atoms with Gasteiger partial charge < -0.3 is 10.1 Å². The first-order valence-electron chi connectivity index (χ1n) is 6.09. The fourth-order valence-electron chi connectivity index (χ4n) is 2.18. The van der Waals surface area contributed by atoms with Crippen LogP contribution in [-0.2, 0) is 0 Å². The van der Waals surface area contributed by atoms with Gasteiger partial charge in [0.15, 0.2) is 0 Å². The molecule has 0 atom stereocenters. The minimum absolute atomic E-state index is 0.101. The van der Waals surface area contributed by atoms with Gasteiger partial charge in [-0.25, -0.2) is 9.59 Å². The summed E-state index contributed by atoms with van der Waals surface area (Å²) in [5.74, 6) is -1.06. The van der Waals surface area contributed by atoms with Gasteiger partial charge in [0.05, 0.1) is 33.9 Å². The Kier molecular flexibility index (Phi) is 2.81. The predicted molar refractivity (Wildman–Crippen MR) is 75.6 cm³/mol. The molecule has 0 aliphatic rings. The van der Waals surface area contributed by atoms with Crippen LogP contribution in [0, 0.1) is 11.3 Å². The molecule has 21 heavy (non-hydrogen) atoms. The van der Waals surface area contributed by atoms with Crippen molar-refractivity contribution in [3.8, 4) is 11.8 Å². The van der Waals surface area contributed by atoms with Gasteiger partial charge in [0.25, 0.3) is 0 Å². The highest BCUT2D eigenvalue weighted by atomic mass is 16.4. The average molecular weight is 279 g/mol. The molecular weight excluding hydrogens is 270 g/mol. The zero-order chi connectivity index (χ0) is 15.0. The number of nitriles is 1. The number of aromatic nitrogens is 2. The fourth-order valence-corrected chi connectivity index (χ4v) is 2.18. The van der Waals surface area contributed by atoms with E-state index < -0.39 is 5.97 Å². The number of aromatic carboxylic acids is 1. The van der Waals surface area contributed by atoms with E-state index in [0.29, 0.717) is 22.3 Å². The number of benzene rings is 2. The molecule has 1 aromatic heterocycles. The maximum Gasteiger partial charge on any atom is 0.335 e. The molecule has 0 amide bonds. The lowest BCUT2D eigenvalue weighted by atomic mass is 10.2. The molecule has 0 bridgehead atoms. The summed E-state index contributed by atoms with van der Waals surface area (Å²) in [6.45, 7) is 0. The molecule has 0 saturated heterocycles. The van der Waals surface area contributed by atoms with Crippen LogP contribution in [0.25, 0.3) is 16.7 Å². The molecule has 3 rings (SSSR count).